The number of aliphatic hydroxyl groups excluding tert-OH is 2. The average Bonchev–Trinajstić information content (AvgIpc) is 3.32. The minimum atomic E-state index is -1.57. The van der Waals surface area contributed by atoms with Crippen LogP contribution in [0.3, 0.4) is 0 Å². The second-order valence-electron chi connectivity index (χ2n) is 7.20. The molecule has 2 aliphatic rings. The molecule has 0 saturated carbocycles. The number of aliphatic hydroxyl groups is 3. The largest absolute Gasteiger partial charge is 0.447 e. The molecule has 31 heavy (non-hydrogen) atoms. The predicted octanol–water partition coefficient (Wildman–Crippen LogP) is 1.32. The van der Waals surface area contributed by atoms with Crippen molar-refractivity contribution in [2.24, 2.45) is 0 Å². The van der Waals surface area contributed by atoms with E-state index < -0.39 is 18.4 Å². The number of cyclic esters (lactones) is 2. The van der Waals surface area contributed by atoms with E-state index in [4.69, 9.17) is 24.8 Å². The van der Waals surface area contributed by atoms with Crippen LogP contribution in [0.25, 0.3) is 0 Å². The third kappa shape index (κ3) is 5.94. The molecule has 2 heterocycles. The quantitative estimate of drug-likeness (QED) is 0.591. The summed E-state index contributed by atoms with van der Waals surface area (Å²) in [6.07, 6.45) is -2.44. The van der Waals surface area contributed by atoms with Gasteiger partial charge >= 0.3 is 12.2 Å². The van der Waals surface area contributed by atoms with E-state index in [0.29, 0.717) is 13.1 Å². The second-order valence-corrected chi connectivity index (χ2v) is 7.20. The fourth-order valence-corrected chi connectivity index (χ4v) is 3.29. The number of benzene rings is 2. The molecule has 2 fully saturated rings. The van der Waals surface area contributed by atoms with Gasteiger partial charge in [-0.3, -0.25) is 9.80 Å². The Morgan fingerprint density at radius 2 is 1.29 bits per heavy atom. The minimum absolute atomic E-state index is 0.0172. The van der Waals surface area contributed by atoms with E-state index in [1.807, 2.05) is 60.7 Å². The van der Waals surface area contributed by atoms with E-state index in [1.165, 1.54) is 4.90 Å². The summed E-state index contributed by atoms with van der Waals surface area (Å²) < 4.78 is 9.65. The molecule has 0 bridgehead atoms. The molecule has 0 unspecified atom stereocenters. The Labute approximate surface area is 180 Å². The smallest absolute Gasteiger partial charge is 0.410 e. The molecule has 4 rings (SSSR count). The number of amides is 2. The van der Waals surface area contributed by atoms with Crippen molar-refractivity contribution in [2.75, 3.05) is 19.8 Å². The van der Waals surface area contributed by atoms with Crippen molar-refractivity contribution in [3.8, 4) is 0 Å². The Kier molecular flexibility index (Phi) is 7.82. The molecule has 9 heteroatoms. The zero-order valence-electron chi connectivity index (χ0n) is 16.9. The molecule has 0 aliphatic carbocycles. The van der Waals surface area contributed by atoms with Crippen molar-refractivity contribution >= 4 is 12.2 Å². The van der Waals surface area contributed by atoms with E-state index in [-0.39, 0.29) is 32.0 Å². The molecule has 0 radical (unpaired) electrons. The second kappa shape index (κ2) is 10.8. The standard InChI is InChI=1S/C11H13NO4.C11H13NO3/c13-10(14)9-7-16-11(15)12(9)6-8-4-2-1-3-5-8;13-7-10-8-15-11(14)12(10)6-9-4-2-1-3-5-9/h1-5,9-10,13-14H,6-7H2;1-5,10,13H,6-8H2/t9-;10-/m01/s1. The maximum atomic E-state index is 11.4. The molecule has 2 aromatic carbocycles. The summed E-state index contributed by atoms with van der Waals surface area (Å²) in [6.45, 7) is 1.05. The van der Waals surface area contributed by atoms with E-state index >= 15 is 0 Å². The number of carbonyl (C=O) groups excluding carboxylic acids is 2. The third-order valence-electron chi connectivity index (χ3n) is 5.03. The van der Waals surface area contributed by atoms with Crippen molar-refractivity contribution < 1.29 is 34.4 Å². The van der Waals surface area contributed by atoms with E-state index in [0.717, 1.165) is 11.1 Å². The highest BCUT2D eigenvalue weighted by atomic mass is 16.6. The molecule has 0 spiro atoms. The molecular formula is C22H26N2O7. The normalized spacial score (nSPS) is 20.4. The first-order valence-corrected chi connectivity index (χ1v) is 9.91. The van der Waals surface area contributed by atoms with Crippen LogP contribution in [0.2, 0.25) is 0 Å². The third-order valence-corrected chi connectivity index (χ3v) is 5.03. The molecular weight excluding hydrogens is 404 g/mol. The van der Waals surface area contributed by atoms with Crippen molar-refractivity contribution in [1.29, 1.82) is 0 Å². The fraction of sp³-hybridized carbons (Fsp3) is 0.364. The van der Waals surface area contributed by atoms with E-state index in [2.05, 4.69) is 0 Å². The summed E-state index contributed by atoms with van der Waals surface area (Å²) in [7, 11) is 0. The number of nitrogens with zero attached hydrogens (tertiary/aromatic N) is 2. The average molecular weight is 430 g/mol. The number of carbonyl (C=O) groups is 2. The topological polar surface area (TPSA) is 120 Å². The first-order valence-electron chi connectivity index (χ1n) is 9.91. The summed E-state index contributed by atoms with van der Waals surface area (Å²) in [4.78, 5) is 25.6. The highest BCUT2D eigenvalue weighted by molar-refractivity contribution is 5.70. The molecule has 2 aromatic rings. The van der Waals surface area contributed by atoms with Crippen LogP contribution in [0.1, 0.15) is 11.1 Å². The van der Waals surface area contributed by atoms with Gasteiger partial charge in [-0.1, -0.05) is 60.7 Å². The van der Waals surface area contributed by atoms with Crippen molar-refractivity contribution in [3.63, 3.8) is 0 Å². The lowest BCUT2D eigenvalue weighted by Crippen LogP contribution is -2.41. The Bertz CT molecular complexity index is 847. The van der Waals surface area contributed by atoms with Crippen LogP contribution in [0.15, 0.2) is 60.7 Å². The highest BCUT2D eigenvalue weighted by Crippen LogP contribution is 2.18. The van der Waals surface area contributed by atoms with Crippen molar-refractivity contribution in [2.45, 2.75) is 31.5 Å². The molecule has 166 valence electrons. The molecule has 2 saturated heterocycles. The Hall–Kier alpha value is -3.14. The summed E-state index contributed by atoms with van der Waals surface area (Å²) in [6, 6.07) is 18.1. The van der Waals surface area contributed by atoms with Gasteiger partial charge in [0.25, 0.3) is 0 Å². The van der Waals surface area contributed by atoms with Gasteiger partial charge < -0.3 is 24.8 Å². The fourth-order valence-electron chi connectivity index (χ4n) is 3.29. The first kappa shape index (κ1) is 22.5. The lowest BCUT2D eigenvalue weighted by atomic mass is 10.2. The van der Waals surface area contributed by atoms with Gasteiger partial charge in [0.05, 0.1) is 12.6 Å². The van der Waals surface area contributed by atoms with Crippen molar-refractivity contribution in [1.82, 2.24) is 9.80 Å². The lowest BCUT2D eigenvalue weighted by molar-refractivity contribution is -0.0854. The van der Waals surface area contributed by atoms with E-state index in [9.17, 15) is 9.59 Å². The number of rotatable bonds is 6. The molecule has 9 nitrogen and oxygen atoms in total. The van der Waals surface area contributed by atoms with Gasteiger partial charge in [0.2, 0.25) is 0 Å². The number of hydrogen-bond acceptors (Lipinski definition) is 7. The molecule has 2 atom stereocenters. The Balaban J connectivity index is 0.000000176. The molecule has 3 N–H and O–H groups in total. The lowest BCUT2D eigenvalue weighted by Gasteiger charge is -2.22. The monoisotopic (exact) mass is 430 g/mol. The summed E-state index contributed by atoms with van der Waals surface area (Å²) in [5, 5.41) is 27.3. The SMILES string of the molecule is O=C1OC[C@@H](C(O)O)N1Cc1ccccc1.O=C1OC[C@@H](CO)N1Cc1ccccc1. The van der Waals surface area contributed by atoms with Gasteiger partial charge in [-0.25, -0.2) is 9.59 Å². The molecule has 2 aliphatic heterocycles. The number of hydrogen-bond donors (Lipinski definition) is 3. The zero-order chi connectivity index (χ0) is 22.2. The summed E-state index contributed by atoms with van der Waals surface area (Å²) >= 11 is 0. The van der Waals surface area contributed by atoms with Gasteiger partial charge in [-0.15, -0.1) is 0 Å². The van der Waals surface area contributed by atoms with Crippen molar-refractivity contribution in [3.05, 3.63) is 71.8 Å². The van der Waals surface area contributed by atoms with Gasteiger partial charge in [-0.05, 0) is 11.1 Å². The van der Waals surface area contributed by atoms with Gasteiger partial charge in [0.15, 0.2) is 6.29 Å². The summed E-state index contributed by atoms with van der Waals surface area (Å²) in [5.74, 6) is 0. The maximum absolute atomic E-state index is 11.4. The molecule has 0 aromatic heterocycles. The van der Waals surface area contributed by atoms with Crippen LogP contribution in [-0.4, -0.2) is 75.5 Å². The van der Waals surface area contributed by atoms with E-state index in [1.54, 1.807) is 4.90 Å². The Morgan fingerprint density at radius 1 is 0.806 bits per heavy atom. The Morgan fingerprint density at radius 3 is 1.81 bits per heavy atom. The van der Waals surface area contributed by atoms with Gasteiger partial charge in [-0.2, -0.15) is 0 Å². The van der Waals surface area contributed by atoms with Crippen LogP contribution in [0, 0.1) is 0 Å². The molecule has 2 amide bonds. The van der Waals surface area contributed by atoms with Crippen LogP contribution < -0.4 is 0 Å². The highest BCUT2D eigenvalue weighted by Gasteiger charge is 2.37. The predicted molar refractivity (Wildman–Crippen MR) is 110 cm³/mol. The maximum Gasteiger partial charge on any atom is 0.410 e. The first-order chi connectivity index (χ1) is 15.0. The van der Waals surface area contributed by atoms with Gasteiger partial charge in [0.1, 0.15) is 19.3 Å². The number of ether oxygens (including phenoxy) is 2. The summed E-state index contributed by atoms with van der Waals surface area (Å²) in [5.41, 5.74) is 1.96. The van der Waals surface area contributed by atoms with Crippen LogP contribution in [0.5, 0.6) is 0 Å². The van der Waals surface area contributed by atoms with Gasteiger partial charge in [0, 0.05) is 13.1 Å². The van der Waals surface area contributed by atoms with Crippen LogP contribution in [-0.2, 0) is 22.6 Å². The van der Waals surface area contributed by atoms with Crippen LogP contribution >= 0.6 is 0 Å². The minimum Gasteiger partial charge on any atom is -0.447 e. The van der Waals surface area contributed by atoms with Crippen LogP contribution in [0.4, 0.5) is 9.59 Å². The zero-order valence-corrected chi connectivity index (χ0v) is 16.9.